The molecule has 0 unspecified atom stereocenters. The van der Waals surface area contributed by atoms with Crippen molar-refractivity contribution in [1.29, 1.82) is 0 Å². The normalized spacial score (nSPS) is 10.2. The van der Waals surface area contributed by atoms with Crippen LogP contribution in [0.15, 0.2) is 161 Å². The molecular weight excluding hydrogens is 824 g/mol. The minimum Gasteiger partial charge on any atom is -0.870 e. The second-order valence-electron chi connectivity index (χ2n) is 12.8. The van der Waals surface area contributed by atoms with Crippen LogP contribution in [-0.4, -0.2) is 59.8 Å². The minimum absolute atomic E-state index is 0. The van der Waals surface area contributed by atoms with Crippen molar-refractivity contribution in [3.05, 3.63) is 184 Å². The Labute approximate surface area is 385 Å². The quantitative estimate of drug-likeness (QED) is 0.0206. The smallest absolute Gasteiger partial charge is 0.870 e. The first-order valence-electron chi connectivity index (χ1n) is 18.6. The van der Waals surface area contributed by atoms with E-state index in [4.69, 9.17) is 43.4 Å². The molecule has 14 nitrogen and oxygen atoms in total. The van der Waals surface area contributed by atoms with Gasteiger partial charge >= 0.3 is 29.6 Å². The fourth-order valence-electron chi connectivity index (χ4n) is 5.73. The molecule has 0 atom stereocenters. The first-order chi connectivity index (χ1) is 29.8. The first kappa shape index (κ1) is 50.9. The largest absolute Gasteiger partial charge is 1.00 e. The van der Waals surface area contributed by atoms with E-state index in [0.29, 0.717) is 52.7 Å². The van der Waals surface area contributed by atoms with Gasteiger partial charge in [-0.05, 0) is 77.4 Å². The molecule has 0 aliphatic heterocycles. The van der Waals surface area contributed by atoms with Gasteiger partial charge in [0, 0.05) is 19.8 Å². The van der Waals surface area contributed by atoms with Crippen LogP contribution in [0, 0.1) is 0 Å². The van der Waals surface area contributed by atoms with Crippen molar-refractivity contribution in [2.24, 2.45) is 0 Å². The van der Waals surface area contributed by atoms with Crippen LogP contribution in [0.4, 0.5) is 0 Å². The van der Waals surface area contributed by atoms with Crippen molar-refractivity contribution in [1.82, 2.24) is 0 Å². The molecule has 0 aliphatic rings. The Bertz CT molecular complexity index is 2560. The summed E-state index contributed by atoms with van der Waals surface area (Å²) < 4.78 is 38.8. The summed E-state index contributed by atoms with van der Waals surface area (Å²) in [6, 6.07) is 43.1. The molecule has 0 bridgehead atoms. The van der Waals surface area contributed by atoms with Crippen LogP contribution in [-0.2, 0) is 22.7 Å². The van der Waals surface area contributed by atoms with Crippen LogP contribution in [0.2, 0.25) is 0 Å². The number of methoxy groups -OCH3 is 2. The van der Waals surface area contributed by atoms with Gasteiger partial charge in [0.2, 0.25) is 11.2 Å². The summed E-state index contributed by atoms with van der Waals surface area (Å²) in [6.45, 7) is 0.857. The van der Waals surface area contributed by atoms with Crippen LogP contribution in [0.5, 0.6) is 34.5 Å². The maximum absolute atomic E-state index is 12.5. The molecular formula is C48H45NaO14. The molecule has 0 fully saturated rings. The van der Waals surface area contributed by atoms with Gasteiger partial charge < -0.3 is 48.5 Å². The number of rotatable bonds is 16. The molecule has 7 rings (SSSR count). The average molecular weight is 869 g/mol. The van der Waals surface area contributed by atoms with Gasteiger partial charge in [-0.3, -0.25) is 20.1 Å². The van der Waals surface area contributed by atoms with Gasteiger partial charge in [-0.15, -0.1) is 0 Å². The summed E-state index contributed by atoms with van der Waals surface area (Å²) in [5.41, 5.74) is 3.43. The Kier molecular flexibility index (Phi) is 21.6. The molecule has 0 amide bonds. The molecule has 0 saturated heterocycles. The number of phenolic OH excluding ortho intramolecular Hbond substituents is 1. The third-order valence-electron chi connectivity index (χ3n) is 8.68. The van der Waals surface area contributed by atoms with Gasteiger partial charge in [-0.2, -0.15) is 0 Å². The number of allylic oxidation sites excluding steroid dienone is 1. The predicted molar refractivity (Wildman–Crippen MR) is 231 cm³/mol. The molecule has 1 heterocycles. The van der Waals surface area contributed by atoms with E-state index in [1.807, 2.05) is 66.7 Å². The van der Waals surface area contributed by atoms with Gasteiger partial charge in [-0.1, -0.05) is 97.1 Å². The number of ketones is 1. The number of hydrogen-bond acceptors (Lipinski definition) is 14. The molecule has 5 N–H and O–H groups in total. The predicted octanol–water partition coefficient (Wildman–Crippen LogP) is 6.42. The van der Waals surface area contributed by atoms with Gasteiger partial charge in [0.1, 0.15) is 24.5 Å². The number of carbonyl (C=O) groups excluding carboxylic acids is 1. The second kappa shape index (κ2) is 26.8. The Morgan fingerprint density at radius 1 is 0.619 bits per heavy atom. The van der Waals surface area contributed by atoms with Gasteiger partial charge in [0.25, 0.3) is 0 Å². The van der Waals surface area contributed by atoms with Crippen molar-refractivity contribution >= 4 is 22.8 Å². The SMILES string of the molecule is COCOc1ccc(-c2oc3ccccc3c(=O)c2O)cc1OCc1ccccc1.COCOc1ccc(/C=C/C(=O)c2ccccc2O)cc1OCc1ccccc1.OO.[Na+].[OH-]. The fourth-order valence-corrected chi connectivity index (χ4v) is 5.73. The second-order valence-corrected chi connectivity index (χ2v) is 12.8. The van der Waals surface area contributed by atoms with Gasteiger partial charge in [0.15, 0.2) is 48.1 Å². The molecule has 63 heavy (non-hydrogen) atoms. The Morgan fingerprint density at radius 3 is 1.73 bits per heavy atom. The molecule has 0 saturated carbocycles. The Balaban J connectivity index is 0.000000313. The molecule has 6 aromatic carbocycles. The van der Waals surface area contributed by atoms with Crippen LogP contribution in [0.25, 0.3) is 28.4 Å². The third kappa shape index (κ3) is 14.6. The van der Waals surface area contributed by atoms with Gasteiger partial charge in [-0.25, -0.2) is 0 Å². The number of para-hydroxylation sites is 2. The number of hydrogen-bond donors (Lipinski definition) is 4. The van der Waals surface area contributed by atoms with Crippen molar-refractivity contribution in [3.8, 4) is 45.8 Å². The summed E-state index contributed by atoms with van der Waals surface area (Å²) in [5.74, 6) is 1.29. The fraction of sp³-hybridized carbons (Fsp3) is 0.125. The molecule has 0 radical (unpaired) electrons. The molecule has 15 heteroatoms. The molecule has 1 aromatic heterocycles. The van der Waals surface area contributed by atoms with E-state index in [9.17, 15) is 19.8 Å². The Hall–Kier alpha value is -6.46. The molecule has 7 aromatic rings. The maximum atomic E-state index is 12.5. The average Bonchev–Trinajstić information content (AvgIpc) is 3.31. The minimum atomic E-state index is -0.488. The molecule has 322 valence electrons. The van der Waals surface area contributed by atoms with Crippen LogP contribution < -0.4 is 53.9 Å². The van der Waals surface area contributed by atoms with E-state index in [0.717, 1.165) is 16.7 Å². The number of aromatic hydroxyl groups is 2. The summed E-state index contributed by atoms with van der Waals surface area (Å²) in [4.78, 5) is 24.9. The number of fused-ring (bicyclic) bond motifs is 1. The standard InChI is InChI=1S/C24H20O6.C24H22O5.Na.H2O2.H2O/c1-27-15-29-20-12-11-17(13-21(20)28-14-16-7-3-2-4-8-16)24-23(26)22(25)18-9-5-6-10-19(18)30-24;1-27-17-29-23-14-12-18(11-13-22(26)20-9-5-6-10-21(20)25)15-24(23)28-16-19-7-3-2-4-8-19;;1-2;/h2-13,26H,14-15H2,1H3;2-15,25H,16-17H2,1H3;;1-2H;1H2/q;;+1;;/p-1/b;13-11+;;;. The zero-order chi connectivity index (χ0) is 43.4. The molecule has 0 aliphatic carbocycles. The monoisotopic (exact) mass is 868 g/mol. The molecule has 0 spiro atoms. The van der Waals surface area contributed by atoms with Gasteiger partial charge in [0.05, 0.1) is 10.9 Å². The summed E-state index contributed by atoms with van der Waals surface area (Å²) >= 11 is 0. The van der Waals surface area contributed by atoms with Crippen molar-refractivity contribution in [2.45, 2.75) is 13.2 Å². The number of carbonyl (C=O) groups is 1. The van der Waals surface area contributed by atoms with Crippen LogP contribution in [0.1, 0.15) is 27.0 Å². The zero-order valence-corrected chi connectivity index (χ0v) is 36.7. The van der Waals surface area contributed by atoms with Crippen LogP contribution in [0.3, 0.4) is 0 Å². The number of phenols is 1. The zero-order valence-electron chi connectivity index (χ0n) is 34.7. The summed E-state index contributed by atoms with van der Waals surface area (Å²) in [5, 5.41) is 32.6. The van der Waals surface area contributed by atoms with E-state index in [1.165, 1.54) is 19.3 Å². The maximum Gasteiger partial charge on any atom is 1.00 e. The third-order valence-corrected chi connectivity index (χ3v) is 8.68. The van der Waals surface area contributed by atoms with Crippen LogP contribution >= 0.6 is 0 Å². The van der Waals surface area contributed by atoms with Crippen molar-refractivity contribution < 1.29 is 93.4 Å². The summed E-state index contributed by atoms with van der Waals surface area (Å²) in [7, 11) is 3.08. The van der Waals surface area contributed by atoms with E-state index < -0.39 is 11.2 Å². The number of benzene rings is 6. The van der Waals surface area contributed by atoms with E-state index in [-0.39, 0.29) is 71.5 Å². The van der Waals surface area contributed by atoms with Crippen molar-refractivity contribution in [2.75, 3.05) is 27.8 Å². The summed E-state index contributed by atoms with van der Waals surface area (Å²) in [6.07, 6.45) is 3.09. The van der Waals surface area contributed by atoms with E-state index in [2.05, 4.69) is 0 Å². The first-order valence-corrected chi connectivity index (χ1v) is 18.6. The topological polar surface area (TPSA) is 214 Å². The van der Waals surface area contributed by atoms with E-state index in [1.54, 1.807) is 86.0 Å². The van der Waals surface area contributed by atoms with Crippen molar-refractivity contribution in [3.63, 3.8) is 0 Å². The van der Waals surface area contributed by atoms with E-state index >= 15 is 0 Å². The Morgan fingerprint density at radius 2 is 1.14 bits per heavy atom. The number of ether oxygens (including phenoxy) is 6.